The van der Waals surface area contributed by atoms with Crippen LogP contribution >= 0.6 is 0 Å². The van der Waals surface area contributed by atoms with Crippen LogP contribution in [0.15, 0.2) is 29.1 Å². The number of rotatable bonds is 1. The molecule has 2 N–H and O–H groups in total. The molecule has 2 aromatic rings. The van der Waals surface area contributed by atoms with Crippen LogP contribution in [0.4, 0.5) is 4.79 Å². The minimum Gasteiger partial charge on any atom is -0.331 e. The van der Waals surface area contributed by atoms with E-state index in [1.165, 1.54) is 11.1 Å². The van der Waals surface area contributed by atoms with Gasteiger partial charge in [-0.15, -0.1) is 0 Å². The number of nitrogens with one attached hydrogen (secondary N) is 2. The summed E-state index contributed by atoms with van der Waals surface area (Å²) in [5.41, 5.74) is 4.23. The SMILES string of the molecule is Cn1[nH]c(=O)c2c1CN(C(=O)NC1CCc3ccccc31)CC2. The van der Waals surface area contributed by atoms with Gasteiger partial charge in [-0.3, -0.25) is 14.6 Å². The molecule has 120 valence electrons. The molecule has 1 aromatic carbocycles. The predicted molar refractivity (Wildman–Crippen MR) is 86.2 cm³/mol. The minimum absolute atomic E-state index is 0.0349. The van der Waals surface area contributed by atoms with E-state index < -0.39 is 0 Å². The van der Waals surface area contributed by atoms with Crippen LogP contribution in [-0.2, 0) is 26.4 Å². The number of aromatic amines is 1. The summed E-state index contributed by atoms with van der Waals surface area (Å²) in [5, 5.41) is 5.92. The fourth-order valence-electron chi connectivity index (χ4n) is 3.71. The van der Waals surface area contributed by atoms with E-state index in [0.29, 0.717) is 19.5 Å². The summed E-state index contributed by atoms with van der Waals surface area (Å²) in [7, 11) is 1.81. The van der Waals surface area contributed by atoms with Gasteiger partial charge in [0.1, 0.15) is 0 Å². The van der Waals surface area contributed by atoms with Crippen molar-refractivity contribution in [2.75, 3.05) is 6.54 Å². The van der Waals surface area contributed by atoms with Gasteiger partial charge in [-0.25, -0.2) is 4.79 Å². The van der Waals surface area contributed by atoms with Gasteiger partial charge < -0.3 is 10.2 Å². The summed E-state index contributed by atoms with van der Waals surface area (Å²) < 4.78 is 1.72. The molecule has 2 aliphatic rings. The number of carbonyl (C=O) groups excluding carboxylic acids is 1. The second-order valence-electron chi connectivity index (χ2n) is 6.34. The van der Waals surface area contributed by atoms with Crippen molar-refractivity contribution in [2.24, 2.45) is 7.05 Å². The topological polar surface area (TPSA) is 70.1 Å². The number of H-pyrrole nitrogens is 1. The quantitative estimate of drug-likeness (QED) is 0.837. The summed E-state index contributed by atoms with van der Waals surface area (Å²) in [5.74, 6) is 0. The molecule has 1 atom stereocenters. The maximum atomic E-state index is 12.6. The van der Waals surface area contributed by atoms with Crippen molar-refractivity contribution < 1.29 is 4.79 Å². The molecule has 0 spiro atoms. The Morgan fingerprint density at radius 2 is 2.13 bits per heavy atom. The molecular formula is C17H20N4O2. The Hall–Kier alpha value is -2.50. The third-order valence-corrected chi connectivity index (χ3v) is 4.99. The lowest BCUT2D eigenvalue weighted by Gasteiger charge is -2.28. The molecule has 0 bridgehead atoms. The van der Waals surface area contributed by atoms with Gasteiger partial charge in [-0.1, -0.05) is 24.3 Å². The van der Waals surface area contributed by atoms with E-state index >= 15 is 0 Å². The van der Waals surface area contributed by atoms with Crippen LogP contribution in [-0.4, -0.2) is 27.3 Å². The lowest BCUT2D eigenvalue weighted by molar-refractivity contribution is 0.186. The first-order chi connectivity index (χ1) is 11.1. The van der Waals surface area contributed by atoms with Crippen LogP contribution in [0, 0.1) is 0 Å². The van der Waals surface area contributed by atoms with Crippen molar-refractivity contribution in [1.82, 2.24) is 20.0 Å². The Bertz CT molecular complexity index is 820. The van der Waals surface area contributed by atoms with E-state index in [9.17, 15) is 9.59 Å². The third kappa shape index (κ3) is 2.34. The smallest absolute Gasteiger partial charge is 0.318 e. The standard InChI is InChI=1S/C17H20N4O2/c1-20-15-10-21(9-8-13(15)16(22)19-20)17(23)18-14-7-6-11-4-2-3-5-12(11)14/h2-5,14H,6-10H2,1H3,(H,18,23)(H,19,22). The number of urea groups is 1. The van der Waals surface area contributed by atoms with Gasteiger partial charge in [0.05, 0.1) is 18.3 Å². The van der Waals surface area contributed by atoms with E-state index in [0.717, 1.165) is 24.1 Å². The molecule has 1 aliphatic heterocycles. The molecule has 0 radical (unpaired) electrons. The summed E-state index contributed by atoms with van der Waals surface area (Å²) in [4.78, 5) is 26.2. The molecule has 1 unspecified atom stereocenters. The van der Waals surface area contributed by atoms with Crippen molar-refractivity contribution in [1.29, 1.82) is 0 Å². The van der Waals surface area contributed by atoms with Crippen molar-refractivity contribution in [3.8, 4) is 0 Å². The number of amides is 2. The van der Waals surface area contributed by atoms with Crippen molar-refractivity contribution in [3.63, 3.8) is 0 Å². The fraction of sp³-hybridized carbons (Fsp3) is 0.412. The highest BCUT2D eigenvalue weighted by Crippen LogP contribution is 2.31. The average Bonchev–Trinajstić information content (AvgIpc) is 3.09. The van der Waals surface area contributed by atoms with Gasteiger partial charge in [0, 0.05) is 19.2 Å². The Labute approximate surface area is 134 Å². The summed E-state index contributed by atoms with van der Waals surface area (Å²) >= 11 is 0. The maximum Gasteiger partial charge on any atom is 0.318 e. The molecule has 6 heteroatoms. The number of nitrogens with zero attached hydrogens (tertiary/aromatic N) is 2. The maximum absolute atomic E-state index is 12.6. The molecule has 2 amide bonds. The molecule has 2 heterocycles. The second kappa shape index (κ2) is 5.30. The van der Waals surface area contributed by atoms with Crippen LogP contribution in [0.25, 0.3) is 0 Å². The predicted octanol–water partition coefficient (Wildman–Crippen LogP) is 1.47. The number of hydrogen-bond donors (Lipinski definition) is 2. The molecule has 1 aliphatic carbocycles. The minimum atomic E-state index is -0.0500. The molecule has 6 nitrogen and oxygen atoms in total. The Morgan fingerprint density at radius 3 is 3.00 bits per heavy atom. The normalized spacial score (nSPS) is 19.3. The Kier molecular flexibility index (Phi) is 3.25. The number of aryl methyl sites for hydroxylation is 2. The number of aromatic nitrogens is 2. The van der Waals surface area contributed by atoms with Gasteiger partial charge in [0.25, 0.3) is 5.56 Å². The third-order valence-electron chi connectivity index (χ3n) is 4.99. The first-order valence-electron chi connectivity index (χ1n) is 8.03. The van der Waals surface area contributed by atoms with Gasteiger partial charge in [0.2, 0.25) is 0 Å². The largest absolute Gasteiger partial charge is 0.331 e. The van der Waals surface area contributed by atoms with E-state index in [-0.39, 0.29) is 17.6 Å². The van der Waals surface area contributed by atoms with Crippen molar-refractivity contribution in [2.45, 2.75) is 31.8 Å². The van der Waals surface area contributed by atoms with Crippen molar-refractivity contribution in [3.05, 3.63) is 57.0 Å². The van der Waals surface area contributed by atoms with Crippen molar-refractivity contribution >= 4 is 6.03 Å². The molecule has 0 saturated carbocycles. The zero-order chi connectivity index (χ0) is 16.0. The zero-order valence-corrected chi connectivity index (χ0v) is 13.1. The molecular weight excluding hydrogens is 292 g/mol. The van der Waals surface area contributed by atoms with E-state index in [1.54, 1.807) is 9.58 Å². The van der Waals surface area contributed by atoms with E-state index in [2.05, 4.69) is 22.5 Å². The second-order valence-corrected chi connectivity index (χ2v) is 6.34. The number of carbonyl (C=O) groups is 1. The lowest BCUT2D eigenvalue weighted by atomic mass is 10.1. The summed E-state index contributed by atoms with van der Waals surface area (Å²) in [6.07, 6.45) is 2.57. The molecule has 4 rings (SSSR count). The van der Waals surface area contributed by atoms with E-state index in [1.807, 2.05) is 19.2 Å². The van der Waals surface area contributed by atoms with E-state index in [4.69, 9.17) is 0 Å². The van der Waals surface area contributed by atoms with Gasteiger partial charge in [-0.05, 0) is 30.4 Å². The highest BCUT2D eigenvalue weighted by Gasteiger charge is 2.29. The van der Waals surface area contributed by atoms with Crippen LogP contribution in [0.2, 0.25) is 0 Å². The van der Waals surface area contributed by atoms with Gasteiger partial charge in [-0.2, -0.15) is 0 Å². The molecule has 1 aromatic heterocycles. The van der Waals surface area contributed by atoms with Crippen LogP contribution in [0.3, 0.4) is 0 Å². The highest BCUT2D eigenvalue weighted by molar-refractivity contribution is 5.75. The first kappa shape index (κ1) is 14.1. The first-order valence-corrected chi connectivity index (χ1v) is 8.03. The monoisotopic (exact) mass is 312 g/mol. The van der Waals surface area contributed by atoms with Gasteiger partial charge in [0.15, 0.2) is 0 Å². The summed E-state index contributed by atoms with van der Waals surface area (Å²) in [6.45, 7) is 1.06. The molecule has 0 fully saturated rings. The van der Waals surface area contributed by atoms with Crippen LogP contribution < -0.4 is 10.9 Å². The van der Waals surface area contributed by atoms with Crippen LogP contribution in [0.1, 0.15) is 34.8 Å². The van der Waals surface area contributed by atoms with Crippen LogP contribution in [0.5, 0.6) is 0 Å². The number of benzene rings is 1. The Balaban J connectivity index is 1.49. The molecule has 23 heavy (non-hydrogen) atoms. The number of fused-ring (bicyclic) bond motifs is 2. The lowest BCUT2D eigenvalue weighted by Crippen LogP contribution is -2.44. The highest BCUT2D eigenvalue weighted by atomic mass is 16.2. The number of hydrogen-bond acceptors (Lipinski definition) is 2. The summed E-state index contributed by atoms with van der Waals surface area (Å²) in [6, 6.07) is 8.33. The molecule has 0 saturated heterocycles. The Morgan fingerprint density at radius 1 is 1.30 bits per heavy atom. The fourth-order valence-corrected chi connectivity index (χ4v) is 3.71. The average molecular weight is 312 g/mol. The zero-order valence-electron chi connectivity index (χ0n) is 13.1. The van der Waals surface area contributed by atoms with Gasteiger partial charge >= 0.3 is 6.03 Å².